The maximum absolute atomic E-state index is 6.64. The highest BCUT2D eigenvalue weighted by Gasteiger charge is 2.40. The molecule has 0 aliphatic carbocycles. The van der Waals surface area contributed by atoms with Gasteiger partial charge in [-0.05, 0) is 53.0 Å². The second-order valence-corrected chi connectivity index (χ2v) is 8.76. The third-order valence-corrected chi connectivity index (χ3v) is 7.06. The predicted octanol–water partition coefficient (Wildman–Crippen LogP) is 5.06. The van der Waals surface area contributed by atoms with Crippen molar-refractivity contribution in [3.05, 3.63) is 84.4 Å². The first-order valence-corrected chi connectivity index (χ1v) is 11.3. The summed E-state index contributed by atoms with van der Waals surface area (Å²) in [5, 5.41) is 2.65. The summed E-state index contributed by atoms with van der Waals surface area (Å²) in [7, 11) is 0. The van der Waals surface area contributed by atoms with Crippen LogP contribution in [0.5, 0.6) is 11.5 Å². The molecule has 5 aromatic rings. The molecule has 7 rings (SSSR count). The van der Waals surface area contributed by atoms with Crippen LogP contribution in [0.3, 0.4) is 0 Å². The molecule has 3 heteroatoms. The van der Waals surface area contributed by atoms with Crippen LogP contribution in [-0.4, -0.2) is 11.3 Å². The van der Waals surface area contributed by atoms with Gasteiger partial charge in [0.15, 0.2) is 0 Å². The molecule has 0 N–H and O–H groups in total. The van der Waals surface area contributed by atoms with Gasteiger partial charge < -0.3 is 9.30 Å². The second kappa shape index (κ2) is 6.27. The number of aryl methyl sites for hydroxylation is 1. The second-order valence-electron chi connectivity index (χ2n) is 8.76. The van der Waals surface area contributed by atoms with E-state index in [0.717, 1.165) is 17.9 Å². The minimum Gasteiger partial charge on any atom is -0.458 e. The molecular formula is C28H22BNO. The molecular weight excluding hydrogens is 377 g/mol. The SMILES string of the molecule is CCCCc1ccc2c3c1Oc1ccccc1B3c1cccc3c4ccccc4n-2c13. The van der Waals surface area contributed by atoms with Gasteiger partial charge in [-0.2, -0.15) is 0 Å². The summed E-state index contributed by atoms with van der Waals surface area (Å²) >= 11 is 0. The molecule has 0 spiro atoms. The molecule has 4 aromatic carbocycles. The molecule has 3 heterocycles. The summed E-state index contributed by atoms with van der Waals surface area (Å²) < 4.78 is 9.11. The van der Waals surface area contributed by atoms with Gasteiger partial charge in [0.1, 0.15) is 11.5 Å². The minimum atomic E-state index is 0.206. The lowest BCUT2D eigenvalue weighted by Crippen LogP contribution is -2.58. The van der Waals surface area contributed by atoms with Crippen molar-refractivity contribution in [2.45, 2.75) is 26.2 Å². The Balaban J connectivity index is 1.66. The average molecular weight is 399 g/mol. The smallest absolute Gasteiger partial charge is 0.256 e. The van der Waals surface area contributed by atoms with Crippen molar-refractivity contribution < 1.29 is 4.74 Å². The number of rotatable bonds is 3. The Morgan fingerprint density at radius 1 is 0.806 bits per heavy atom. The topological polar surface area (TPSA) is 14.2 Å². The van der Waals surface area contributed by atoms with Gasteiger partial charge in [0, 0.05) is 22.0 Å². The molecule has 148 valence electrons. The molecule has 0 atom stereocenters. The quantitative estimate of drug-likeness (QED) is 0.379. The lowest BCUT2D eigenvalue weighted by atomic mass is 9.34. The number of hydrogen-bond donors (Lipinski definition) is 0. The lowest BCUT2D eigenvalue weighted by Gasteiger charge is -2.34. The van der Waals surface area contributed by atoms with E-state index in [4.69, 9.17) is 4.74 Å². The van der Waals surface area contributed by atoms with Gasteiger partial charge in [0.25, 0.3) is 6.71 Å². The van der Waals surface area contributed by atoms with E-state index in [1.165, 1.54) is 62.3 Å². The first-order valence-electron chi connectivity index (χ1n) is 11.3. The molecule has 2 aliphatic heterocycles. The number of aromatic nitrogens is 1. The third kappa shape index (κ3) is 2.19. The van der Waals surface area contributed by atoms with Crippen LogP contribution < -0.4 is 21.1 Å². The van der Waals surface area contributed by atoms with Gasteiger partial charge in [-0.1, -0.05) is 74.0 Å². The van der Waals surface area contributed by atoms with E-state index < -0.39 is 0 Å². The molecule has 31 heavy (non-hydrogen) atoms. The molecule has 0 saturated carbocycles. The van der Waals surface area contributed by atoms with Gasteiger partial charge in [-0.15, -0.1) is 0 Å². The number of ether oxygens (including phenoxy) is 1. The molecule has 2 nitrogen and oxygen atoms in total. The number of nitrogens with zero attached hydrogens (tertiary/aromatic N) is 1. The highest BCUT2D eigenvalue weighted by molar-refractivity contribution is 6.99. The maximum atomic E-state index is 6.64. The van der Waals surface area contributed by atoms with E-state index >= 15 is 0 Å². The van der Waals surface area contributed by atoms with Crippen molar-refractivity contribution in [1.29, 1.82) is 0 Å². The zero-order valence-corrected chi connectivity index (χ0v) is 17.6. The van der Waals surface area contributed by atoms with E-state index in [1.54, 1.807) is 0 Å². The molecule has 0 fully saturated rings. The third-order valence-electron chi connectivity index (χ3n) is 7.06. The molecule has 0 bridgehead atoms. The van der Waals surface area contributed by atoms with E-state index in [-0.39, 0.29) is 6.71 Å². The predicted molar refractivity (Wildman–Crippen MR) is 131 cm³/mol. The lowest BCUT2D eigenvalue weighted by molar-refractivity contribution is 0.479. The van der Waals surface area contributed by atoms with E-state index in [0.29, 0.717) is 0 Å². The fraction of sp³-hybridized carbons (Fsp3) is 0.143. The zero-order chi connectivity index (χ0) is 20.5. The van der Waals surface area contributed by atoms with Gasteiger partial charge in [-0.3, -0.25) is 0 Å². The van der Waals surface area contributed by atoms with E-state index in [1.807, 2.05) is 0 Å². The van der Waals surface area contributed by atoms with Gasteiger partial charge in [0.2, 0.25) is 0 Å². The van der Waals surface area contributed by atoms with Crippen LogP contribution in [0.15, 0.2) is 78.9 Å². The molecule has 1 aromatic heterocycles. The maximum Gasteiger partial charge on any atom is 0.256 e. The summed E-state index contributed by atoms with van der Waals surface area (Å²) in [5.74, 6) is 2.08. The Morgan fingerprint density at radius 3 is 2.55 bits per heavy atom. The van der Waals surface area contributed by atoms with Crippen LogP contribution in [0.25, 0.3) is 27.5 Å². The Hall–Kier alpha value is -3.46. The number of benzene rings is 4. The Bertz CT molecular complexity index is 1510. The molecule has 0 unspecified atom stereocenters. The zero-order valence-electron chi connectivity index (χ0n) is 17.6. The van der Waals surface area contributed by atoms with Crippen molar-refractivity contribution in [2.75, 3.05) is 0 Å². The van der Waals surface area contributed by atoms with Crippen molar-refractivity contribution in [3.8, 4) is 17.2 Å². The van der Waals surface area contributed by atoms with Crippen LogP contribution in [0.1, 0.15) is 25.3 Å². The molecule has 0 radical (unpaired) electrons. The fourth-order valence-corrected chi connectivity index (χ4v) is 5.72. The van der Waals surface area contributed by atoms with Gasteiger partial charge >= 0.3 is 0 Å². The fourth-order valence-electron chi connectivity index (χ4n) is 5.72. The largest absolute Gasteiger partial charge is 0.458 e. The number of fused-ring (bicyclic) bond motifs is 7. The van der Waals surface area contributed by atoms with Gasteiger partial charge in [0.05, 0.1) is 5.52 Å². The normalized spacial score (nSPS) is 13.3. The van der Waals surface area contributed by atoms with Gasteiger partial charge in [-0.25, -0.2) is 0 Å². The molecule has 2 aliphatic rings. The summed E-state index contributed by atoms with van der Waals surface area (Å²) in [5.41, 5.74) is 9.18. The Morgan fingerprint density at radius 2 is 1.61 bits per heavy atom. The van der Waals surface area contributed by atoms with Crippen LogP contribution in [-0.2, 0) is 6.42 Å². The van der Waals surface area contributed by atoms with Crippen LogP contribution >= 0.6 is 0 Å². The number of unbranched alkanes of at least 4 members (excludes halogenated alkanes) is 1. The minimum absolute atomic E-state index is 0.206. The van der Waals surface area contributed by atoms with Crippen LogP contribution in [0, 0.1) is 0 Å². The van der Waals surface area contributed by atoms with Crippen LogP contribution in [0.4, 0.5) is 0 Å². The van der Waals surface area contributed by atoms with E-state index in [2.05, 4.69) is 90.4 Å². The Labute approximate surface area is 182 Å². The van der Waals surface area contributed by atoms with Crippen molar-refractivity contribution in [3.63, 3.8) is 0 Å². The highest BCUT2D eigenvalue weighted by atomic mass is 16.5. The number of para-hydroxylation sites is 3. The first-order chi connectivity index (χ1) is 15.4. The highest BCUT2D eigenvalue weighted by Crippen LogP contribution is 2.38. The standard InChI is InChI=1S/C28H22BNO/c1-2-3-9-18-16-17-24-26-28(18)31-25-15-7-5-12-21(25)29(26)22-13-8-11-20-19-10-4-6-14-23(19)30(24)27(20)22/h4-8,10-17H,2-3,9H2,1H3. The van der Waals surface area contributed by atoms with Crippen molar-refractivity contribution in [2.24, 2.45) is 0 Å². The average Bonchev–Trinajstić information content (AvgIpc) is 3.16. The number of hydrogen-bond acceptors (Lipinski definition) is 1. The summed E-state index contributed by atoms with van der Waals surface area (Å²) in [6, 6.07) is 28.8. The summed E-state index contributed by atoms with van der Waals surface area (Å²) in [6.45, 7) is 2.46. The monoisotopic (exact) mass is 399 g/mol. The van der Waals surface area contributed by atoms with Crippen molar-refractivity contribution in [1.82, 2.24) is 4.57 Å². The molecule has 0 amide bonds. The molecule has 0 saturated heterocycles. The van der Waals surface area contributed by atoms with Crippen molar-refractivity contribution >= 4 is 44.9 Å². The van der Waals surface area contributed by atoms with Crippen LogP contribution in [0.2, 0.25) is 0 Å². The summed E-state index contributed by atoms with van der Waals surface area (Å²) in [4.78, 5) is 0. The first kappa shape index (κ1) is 17.2. The summed E-state index contributed by atoms with van der Waals surface area (Å²) in [6.07, 6.45) is 3.41. The Kier molecular flexibility index (Phi) is 3.49. The van der Waals surface area contributed by atoms with E-state index in [9.17, 15) is 0 Å².